The van der Waals surface area contributed by atoms with Crippen LogP contribution in [0.25, 0.3) is 5.69 Å². The average Bonchev–Trinajstić information content (AvgIpc) is 3.43. The van der Waals surface area contributed by atoms with Crippen LogP contribution in [0.1, 0.15) is 22.8 Å². The number of aromatic nitrogens is 2. The first-order valence-corrected chi connectivity index (χ1v) is 12.0. The first-order chi connectivity index (χ1) is 15.4. The van der Waals surface area contributed by atoms with Gasteiger partial charge in [0.2, 0.25) is 6.79 Å². The van der Waals surface area contributed by atoms with Gasteiger partial charge in [-0.2, -0.15) is 0 Å². The number of hydrogen-bond acceptors (Lipinski definition) is 9. The molecule has 2 heterocycles. The minimum Gasteiger partial charge on any atom is -0.454 e. The number of amides is 1. The lowest BCUT2D eigenvalue weighted by Crippen LogP contribution is -2.35. The Kier molecular flexibility index (Phi) is 6.77. The Morgan fingerprint density at radius 2 is 2.00 bits per heavy atom. The molecule has 0 aliphatic carbocycles. The van der Waals surface area contributed by atoms with E-state index in [0.29, 0.717) is 21.0 Å². The van der Waals surface area contributed by atoms with Crippen molar-refractivity contribution in [3.05, 3.63) is 57.5 Å². The molecule has 0 unspecified atom stereocenters. The van der Waals surface area contributed by atoms with Crippen LogP contribution in [0.4, 0.5) is 0 Å². The van der Waals surface area contributed by atoms with Crippen LogP contribution in [0.5, 0.6) is 11.5 Å². The number of hydrogen-bond donors (Lipinski definition) is 1. The third-order valence-corrected chi connectivity index (χ3v) is 6.82. The third-order valence-electron chi connectivity index (χ3n) is 4.61. The Hall–Kier alpha value is -2.89. The van der Waals surface area contributed by atoms with Gasteiger partial charge in [-0.1, -0.05) is 29.2 Å². The van der Waals surface area contributed by atoms with E-state index in [1.54, 1.807) is 41.1 Å². The fourth-order valence-corrected chi connectivity index (χ4v) is 4.69. The summed E-state index contributed by atoms with van der Waals surface area (Å²) in [5, 5.41) is 7.17. The topological polar surface area (TPSA) is 91.7 Å². The van der Waals surface area contributed by atoms with Crippen LogP contribution in [0.3, 0.4) is 0 Å². The second-order valence-corrected chi connectivity index (χ2v) is 9.43. The fourth-order valence-electron chi connectivity index (χ4n) is 2.91. The number of nitrogens with one attached hydrogen (secondary N) is 1. The molecule has 1 N–H and O–H groups in total. The van der Waals surface area contributed by atoms with E-state index in [0.717, 1.165) is 15.6 Å². The summed E-state index contributed by atoms with van der Waals surface area (Å²) in [5.74, 6) is 0.332. The summed E-state index contributed by atoms with van der Waals surface area (Å²) in [7, 11) is 0. The molecule has 11 heteroatoms. The van der Waals surface area contributed by atoms with Gasteiger partial charge >= 0.3 is 5.97 Å². The fraction of sp³-hybridized carbons (Fsp3) is 0.238. The van der Waals surface area contributed by atoms with E-state index in [4.69, 9.17) is 26.4 Å². The molecule has 3 aromatic rings. The summed E-state index contributed by atoms with van der Waals surface area (Å²) in [6.07, 6.45) is 0.983. The largest absolute Gasteiger partial charge is 0.454 e. The van der Waals surface area contributed by atoms with E-state index in [1.807, 2.05) is 12.3 Å². The summed E-state index contributed by atoms with van der Waals surface area (Å²) < 4.78 is 19.0. The van der Waals surface area contributed by atoms with Crippen molar-refractivity contribution in [3.8, 4) is 17.2 Å². The highest BCUT2D eigenvalue weighted by Gasteiger charge is 2.20. The number of rotatable bonds is 7. The minimum atomic E-state index is -0.951. The summed E-state index contributed by atoms with van der Waals surface area (Å²) in [5.41, 5.74) is 1.93. The number of thioether (sulfide) groups is 1. The first kappa shape index (κ1) is 22.3. The van der Waals surface area contributed by atoms with E-state index >= 15 is 0 Å². The van der Waals surface area contributed by atoms with Crippen LogP contribution in [0, 0.1) is 3.95 Å². The van der Waals surface area contributed by atoms with Crippen LogP contribution in [-0.4, -0.2) is 40.8 Å². The maximum absolute atomic E-state index is 12.4. The molecule has 166 valence electrons. The molecule has 1 atom stereocenters. The van der Waals surface area contributed by atoms with Gasteiger partial charge in [-0.05, 0) is 67.4 Å². The molecular weight excluding hydrogens is 470 g/mol. The summed E-state index contributed by atoms with van der Waals surface area (Å²) in [4.78, 5) is 24.8. The van der Waals surface area contributed by atoms with E-state index in [9.17, 15) is 9.59 Å². The number of benzene rings is 2. The summed E-state index contributed by atoms with van der Waals surface area (Å²) in [6, 6.07) is 12.1. The Morgan fingerprint density at radius 3 is 2.72 bits per heavy atom. The van der Waals surface area contributed by atoms with Gasteiger partial charge < -0.3 is 19.5 Å². The normalized spacial score (nSPS) is 12.9. The molecule has 2 aromatic carbocycles. The van der Waals surface area contributed by atoms with Gasteiger partial charge in [0.25, 0.3) is 5.91 Å². The minimum absolute atomic E-state index is 0.189. The molecule has 0 saturated carbocycles. The van der Waals surface area contributed by atoms with Crippen LogP contribution < -0.4 is 14.8 Å². The molecule has 1 aliphatic heterocycles. The van der Waals surface area contributed by atoms with Gasteiger partial charge in [0.05, 0.1) is 11.3 Å². The molecule has 0 saturated heterocycles. The van der Waals surface area contributed by atoms with Crippen molar-refractivity contribution >= 4 is 47.2 Å². The molecule has 0 bridgehead atoms. The number of fused-ring (bicyclic) bond motifs is 1. The first-order valence-electron chi connectivity index (χ1n) is 9.56. The van der Waals surface area contributed by atoms with Gasteiger partial charge in [-0.25, -0.2) is 9.48 Å². The zero-order valence-corrected chi connectivity index (χ0v) is 19.6. The number of nitrogens with zero attached hydrogens (tertiary/aromatic N) is 2. The Morgan fingerprint density at radius 1 is 1.25 bits per heavy atom. The molecule has 32 heavy (non-hydrogen) atoms. The smallest absolute Gasteiger partial charge is 0.338 e. The molecule has 1 aromatic heterocycles. The molecule has 1 amide bonds. The van der Waals surface area contributed by atoms with Gasteiger partial charge in [0.15, 0.2) is 25.9 Å². The molecule has 8 nitrogen and oxygen atoms in total. The monoisotopic (exact) mass is 489 g/mol. The number of carbonyl (C=O) groups is 2. The van der Waals surface area contributed by atoms with Crippen LogP contribution >= 0.6 is 35.3 Å². The van der Waals surface area contributed by atoms with Crippen molar-refractivity contribution in [1.82, 2.24) is 15.1 Å². The van der Waals surface area contributed by atoms with Gasteiger partial charge in [-0.3, -0.25) is 4.79 Å². The third kappa shape index (κ3) is 4.95. The molecule has 1 aliphatic rings. The van der Waals surface area contributed by atoms with Crippen molar-refractivity contribution in [1.29, 1.82) is 0 Å². The molecule has 0 fully saturated rings. The van der Waals surface area contributed by atoms with E-state index in [-0.39, 0.29) is 13.3 Å². The van der Waals surface area contributed by atoms with Gasteiger partial charge in [0.1, 0.15) is 0 Å². The van der Waals surface area contributed by atoms with Crippen LogP contribution in [0.15, 0.2) is 46.8 Å². The highest BCUT2D eigenvalue weighted by atomic mass is 32.2. The standard InChI is InChI=1S/C21H19N3O5S3/c1-12(18(25)22-10-13-3-8-16-17(9-13)28-11-27-16)29-19(26)14-4-6-15(7-5-14)24-21(30)32-20(23-24)31-2/h3-9,12H,10-11H2,1-2H3,(H,22,25)/t12-/m1/s1. The predicted octanol–water partition coefficient (Wildman–Crippen LogP) is 3.98. The highest BCUT2D eigenvalue weighted by molar-refractivity contribution is 8.00. The number of ether oxygens (including phenoxy) is 3. The Labute approximate surface area is 197 Å². The van der Waals surface area contributed by atoms with Gasteiger partial charge in [-0.15, -0.1) is 5.10 Å². The van der Waals surface area contributed by atoms with E-state index in [2.05, 4.69) is 10.4 Å². The van der Waals surface area contributed by atoms with Crippen LogP contribution in [0.2, 0.25) is 0 Å². The van der Waals surface area contributed by atoms with Crippen molar-refractivity contribution in [3.63, 3.8) is 0 Å². The highest BCUT2D eigenvalue weighted by Crippen LogP contribution is 2.32. The second-order valence-electron chi connectivity index (χ2n) is 6.75. The maximum Gasteiger partial charge on any atom is 0.338 e. The van der Waals surface area contributed by atoms with Gasteiger partial charge in [0, 0.05) is 6.54 Å². The van der Waals surface area contributed by atoms with Crippen molar-refractivity contribution in [2.45, 2.75) is 23.9 Å². The van der Waals surface area contributed by atoms with Crippen LogP contribution in [-0.2, 0) is 16.1 Å². The quantitative estimate of drug-likeness (QED) is 0.303. The zero-order valence-electron chi connectivity index (χ0n) is 17.2. The van der Waals surface area contributed by atoms with Crippen molar-refractivity contribution in [2.75, 3.05) is 13.0 Å². The predicted molar refractivity (Wildman–Crippen MR) is 123 cm³/mol. The van der Waals surface area contributed by atoms with Crippen molar-refractivity contribution in [2.24, 2.45) is 0 Å². The maximum atomic E-state index is 12.4. The SMILES string of the molecule is CSc1nn(-c2ccc(C(=O)O[C@H](C)C(=O)NCc3ccc4c(c3)OCO4)cc2)c(=S)s1. The van der Waals surface area contributed by atoms with E-state index < -0.39 is 18.0 Å². The number of esters is 1. The zero-order chi connectivity index (χ0) is 22.7. The lowest BCUT2D eigenvalue weighted by Gasteiger charge is -2.14. The lowest BCUT2D eigenvalue weighted by molar-refractivity contribution is -0.129. The summed E-state index contributed by atoms with van der Waals surface area (Å²) in [6.45, 7) is 1.99. The lowest BCUT2D eigenvalue weighted by atomic mass is 10.2. The van der Waals surface area contributed by atoms with E-state index in [1.165, 1.54) is 30.0 Å². The summed E-state index contributed by atoms with van der Waals surface area (Å²) >= 11 is 8.27. The molecule has 0 radical (unpaired) electrons. The Bertz CT molecular complexity index is 1210. The number of carbonyl (C=O) groups excluding carboxylic acids is 2. The average molecular weight is 490 g/mol. The Balaban J connectivity index is 1.33. The molecule has 0 spiro atoms. The molecule has 4 rings (SSSR count). The second kappa shape index (κ2) is 9.72. The molecular formula is C21H19N3O5S3. The van der Waals surface area contributed by atoms with Crippen molar-refractivity contribution < 1.29 is 23.8 Å².